The Morgan fingerprint density at radius 2 is 1.87 bits per heavy atom. The summed E-state index contributed by atoms with van der Waals surface area (Å²) in [6.45, 7) is 9.43. The highest BCUT2D eigenvalue weighted by molar-refractivity contribution is 8.01. The van der Waals surface area contributed by atoms with Gasteiger partial charge in [0.25, 0.3) is 0 Å². The number of likely N-dealkylation sites (tertiary alicyclic amines) is 1. The van der Waals surface area contributed by atoms with Crippen LogP contribution in [0.4, 0.5) is 0 Å². The van der Waals surface area contributed by atoms with E-state index < -0.39 is 0 Å². The van der Waals surface area contributed by atoms with E-state index >= 15 is 0 Å². The fourth-order valence-electron chi connectivity index (χ4n) is 2.63. The summed E-state index contributed by atoms with van der Waals surface area (Å²) in [6.07, 6.45) is 2.05. The van der Waals surface area contributed by atoms with Gasteiger partial charge in [0.1, 0.15) is 0 Å². The molecule has 0 radical (unpaired) electrons. The summed E-state index contributed by atoms with van der Waals surface area (Å²) in [4.78, 5) is 14.4. The second kappa shape index (κ2) is 8.41. The summed E-state index contributed by atoms with van der Waals surface area (Å²) < 4.78 is 0.138. The first kappa shape index (κ1) is 18.6. The van der Waals surface area contributed by atoms with E-state index in [1.54, 1.807) is 11.8 Å². The zero-order valence-electron chi connectivity index (χ0n) is 14.3. The molecule has 0 saturated carbocycles. The van der Waals surface area contributed by atoms with Gasteiger partial charge in [-0.1, -0.05) is 44.5 Å². The lowest BCUT2D eigenvalue weighted by molar-refractivity contribution is -0.119. The van der Waals surface area contributed by atoms with Gasteiger partial charge in [0.05, 0.1) is 5.75 Å². The highest BCUT2D eigenvalue weighted by Gasteiger charge is 2.21. The average molecular weight is 355 g/mol. The molecule has 0 aromatic heterocycles. The normalized spacial score (nSPS) is 17.2. The van der Waals surface area contributed by atoms with Gasteiger partial charge >= 0.3 is 0 Å². The Balaban J connectivity index is 1.69. The number of nitrogens with one attached hydrogen (secondary N) is 1. The topological polar surface area (TPSA) is 32.3 Å². The van der Waals surface area contributed by atoms with Gasteiger partial charge in [-0.25, -0.2) is 0 Å². The first-order valence-electron chi connectivity index (χ1n) is 8.22. The van der Waals surface area contributed by atoms with Crippen LogP contribution in [-0.2, 0) is 11.3 Å². The smallest absolute Gasteiger partial charge is 0.230 e. The predicted molar refractivity (Wildman–Crippen MR) is 100 cm³/mol. The minimum atomic E-state index is 0.138. The summed E-state index contributed by atoms with van der Waals surface area (Å²) in [5.41, 5.74) is 1.29. The second-order valence-corrected chi connectivity index (χ2v) is 9.38. The summed E-state index contributed by atoms with van der Waals surface area (Å²) in [6, 6.07) is 8.37. The molecule has 3 nitrogen and oxygen atoms in total. The summed E-state index contributed by atoms with van der Waals surface area (Å²) in [5.74, 6) is 0.718. The minimum absolute atomic E-state index is 0.138. The molecule has 0 atom stereocenters. The van der Waals surface area contributed by atoms with E-state index in [4.69, 9.17) is 11.6 Å². The van der Waals surface area contributed by atoms with Crippen LogP contribution >= 0.6 is 23.4 Å². The van der Waals surface area contributed by atoms with Gasteiger partial charge in [-0.05, 0) is 30.5 Å². The third-order valence-corrected chi connectivity index (χ3v) is 5.43. The Bertz CT molecular complexity index is 505. The predicted octanol–water partition coefficient (Wildman–Crippen LogP) is 3.95. The molecule has 1 amide bonds. The van der Waals surface area contributed by atoms with Crippen LogP contribution in [0.15, 0.2) is 24.3 Å². The summed E-state index contributed by atoms with van der Waals surface area (Å²) >= 11 is 7.62. The monoisotopic (exact) mass is 354 g/mol. The maximum atomic E-state index is 12.0. The van der Waals surface area contributed by atoms with Gasteiger partial charge in [-0.15, -0.1) is 11.8 Å². The number of halogens is 1. The van der Waals surface area contributed by atoms with Crippen LogP contribution in [0.5, 0.6) is 0 Å². The number of thioether (sulfide) groups is 1. The maximum Gasteiger partial charge on any atom is 0.230 e. The van der Waals surface area contributed by atoms with Crippen molar-refractivity contribution in [3.63, 3.8) is 0 Å². The van der Waals surface area contributed by atoms with Crippen LogP contribution < -0.4 is 5.32 Å². The van der Waals surface area contributed by atoms with E-state index in [1.807, 2.05) is 12.1 Å². The molecule has 0 spiro atoms. The van der Waals surface area contributed by atoms with E-state index in [2.05, 4.69) is 43.1 Å². The zero-order valence-corrected chi connectivity index (χ0v) is 15.8. The molecule has 0 unspecified atom stereocenters. The lowest BCUT2D eigenvalue weighted by Crippen LogP contribution is -2.45. The summed E-state index contributed by atoms with van der Waals surface area (Å²) in [7, 11) is 0. The Labute approximate surface area is 149 Å². The van der Waals surface area contributed by atoms with E-state index in [-0.39, 0.29) is 10.7 Å². The number of hydrogen-bond acceptors (Lipinski definition) is 3. The number of hydrogen-bond donors (Lipinski definition) is 1. The molecule has 1 N–H and O–H groups in total. The molecule has 128 valence electrons. The quantitative estimate of drug-likeness (QED) is 0.868. The molecule has 1 fully saturated rings. The minimum Gasteiger partial charge on any atom is -0.353 e. The molecule has 1 heterocycles. The van der Waals surface area contributed by atoms with Gasteiger partial charge in [0.15, 0.2) is 0 Å². The van der Waals surface area contributed by atoms with Crippen molar-refractivity contribution in [3.05, 3.63) is 34.9 Å². The molecule has 23 heavy (non-hydrogen) atoms. The van der Waals surface area contributed by atoms with Gasteiger partial charge in [0, 0.05) is 35.4 Å². The second-order valence-electron chi connectivity index (χ2n) is 7.15. The Hall–Kier alpha value is -0.710. The molecule has 1 aliphatic rings. The Morgan fingerprint density at radius 3 is 2.43 bits per heavy atom. The van der Waals surface area contributed by atoms with Gasteiger partial charge < -0.3 is 5.32 Å². The molecule has 0 bridgehead atoms. The highest BCUT2D eigenvalue weighted by atomic mass is 35.5. The van der Waals surface area contributed by atoms with E-state index in [0.717, 1.165) is 37.5 Å². The van der Waals surface area contributed by atoms with Crippen molar-refractivity contribution in [2.75, 3.05) is 18.8 Å². The fourth-order valence-corrected chi connectivity index (χ4v) is 3.41. The van der Waals surface area contributed by atoms with Crippen LogP contribution in [0, 0.1) is 0 Å². The van der Waals surface area contributed by atoms with Gasteiger partial charge in [0.2, 0.25) is 5.91 Å². The summed E-state index contributed by atoms with van der Waals surface area (Å²) in [5, 5.41) is 3.96. The molecule has 5 heteroatoms. The molecule has 1 saturated heterocycles. The van der Waals surface area contributed by atoms with Crippen LogP contribution in [-0.4, -0.2) is 40.4 Å². The van der Waals surface area contributed by atoms with Gasteiger partial charge in [-0.2, -0.15) is 0 Å². The van der Waals surface area contributed by atoms with Crippen molar-refractivity contribution in [2.24, 2.45) is 0 Å². The number of piperidine rings is 1. The van der Waals surface area contributed by atoms with Crippen LogP contribution in [0.3, 0.4) is 0 Å². The number of carbonyl (C=O) groups excluding carboxylic acids is 1. The molecule has 1 aromatic rings. The lowest BCUT2D eigenvalue weighted by Gasteiger charge is -2.32. The lowest BCUT2D eigenvalue weighted by atomic mass is 10.0. The maximum absolute atomic E-state index is 12.0. The number of nitrogens with zero attached hydrogens (tertiary/aromatic N) is 1. The van der Waals surface area contributed by atoms with Crippen molar-refractivity contribution in [1.82, 2.24) is 10.2 Å². The largest absolute Gasteiger partial charge is 0.353 e. The third kappa shape index (κ3) is 7.15. The van der Waals surface area contributed by atoms with Crippen molar-refractivity contribution in [2.45, 2.75) is 50.9 Å². The molecule has 0 aliphatic carbocycles. The Morgan fingerprint density at radius 1 is 1.26 bits per heavy atom. The molecule has 2 rings (SSSR count). The third-order valence-electron chi connectivity index (χ3n) is 3.91. The molecular weight excluding hydrogens is 328 g/mol. The van der Waals surface area contributed by atoms with E-state index in [1.165, 1.54) is 5.56 Å². The van der Waals surface area contributed by atoms with Crippen LogP contribution in [0.1, 0.15) is 39.2 Å². The fraction of sp³-hybridized carbons (Fsp3) is 0.611. The van der Waals surface area contributed by atoms with Crippen molar-refractivity contribution in [3.8, 4) is 0 Å². The average Bonchev–Trinajstić information content (AvgIpc) is 2.49. The van der Waals surface area contributed by atoms with Gasteiger partial charge in [-0.3, -0.25) is 9.69 Å². The zero-order chi connectivity index (χ0) is 16.9. The van der Waals surface area contributed by atoms with Crippen molar-refractivity contribution < 1.29 is 4.79 Å². The van der Waals surface area contributed by atoms with Crippen molar-refractivity contribution in [1.29, 1.82) is 0 Å². The van der Waals surface area contributed by atoms with Crippen LogP contribution in [0.2, 0.25) is 5.02 Å². The van der Waals surface area contributed by atoms with E-state index in [9.17, 15) is 4.79 Å². The first-order valence-corrected chi connectivity index (χ1v) is 9.58. The highest BCUT2D eigenvalue weighted by Crippen LogP contribution is 2.23. The number of rotatable bonds is 5. The first-order chi connectivity index (χ1) is 10.8. The number of benzene rings is 1. The van der Waals surface area contributed by atoms with E-state index in [0.29, 0.717) is 11.8 Å². The van der Waals surface area contributed by atoms with Crippen molar-refractivity contribution >= 4 is 29.3 Å². The van der Waals surface area contributed by atoms with Crippen LogP contribution in [0.25, 0.3) is 0 Å². The molecule has 1 aliphatic heterocycles. The SMILES string of the molecule is CC(C)(C)SCC(=O)NC1CCN(Cc2ccc(Cl)cc2)CC1. The molecular formula is C18H27ClN2OS. The number of amides is 1. The number of carbonyl (C=O) groups is 1. The molecule has 1 aromatic carbocycles. The standard InChI is InChI=1S/C18H27ClN2OS/c1-18(2,3)23-13-17(22)20-16-8-10-21(11-9-16)12-14-4-6-15(19)7-5-14/h4-7,16H,8-13H2,1-3H3,(H,20,22). The Kier molecular flexibility index (Phi) is 6.81.